The average molecular weight is 276 g/mol. The van der Waals surface area contributed by atoms with Crippen LogP contribution in [0, 0.1) is 5.82 Å². The van der Waals surface area contributed by atoms with E-state index in [-0.39, 0.29) is 16.8 Å². The van der Waals surface area contributed by atoms with Crippen LogP contribution in [0.25, 0.3) is 22.4 Å². The first-order valence-electron chi connectivity index (χ1n) is 5.50. The monoisotopic (exact) mass is 275 g/mol. The predicted molar refractivity (Wildman–Crippen MR) is 70.7 cm³/mol. The Morgan fingerprint density at radius 2 is 1.95 bits per heavy atom. The van der Waals surface area contributed by atoms with Crippen molar-refractivity contribution in [1.82, 2.24) is 4.98 Å². The van der Waals surface area contributed by atoms with Crippen LogP contribution in [-0.2, 0) is 0 Å². The fourth-order valence-electron chi connectivity index (χ4n) is 1.79. The minimum atomic E-state index is -0.498. The molecule has 5 heteroatoms. The summed E-state index contributed by atoms with van der Waals surface area (Å²) in [5, 5.41) is 0.688. The molecule has 0 N–H and O–H groups in total. The molecule has 0 atom stereocenters. The fraction of sp³-hybridized carbons (Fsp3) is 0. The maximum Gasteiger partial charge on any atom is 0.284 e. The highest BCUT2D eigenvalue weighted by Crippen LogP contribution is 2.23. The Hall–Kier alpha value is -2.20. The third kappa shape index (κ3) is 2.11. The van der Waals surface area contributed by atoms with Crippen molar-refractivity contribution in [3.8, 4) is 11.5 Å². The van der Waals surface area contributed by atoms with Gasteiger partial charge < -0.3 is 4.42 Å². The van der Waals surface area contributed by atoms with Gasteiger partial charge in [-0.3, -0.25) is 4.79 Å². The van der Waals surface area contributed by atoms with Crippen LogP contribution < -0.4 is 5.56 Å². The van der Waals surface area contributed by atoms with Crippen molar-refractivity contribution in [3.63, 3.8) is 0 Å². The van der Waals surface area contributed by atoms with Crippen molar-refractivity contribution < 1.29 is 8.81 Å². The average Bonchev–Trinajstić information content (AvgIpc) is 2.40. The number of benzene rings is 2. The molecule has 94 valence electrons. The second-order valence-corrected chi connectivity index (χ2v) is 4.38. The molecule has 0 unspecified atom stereocenters. The van der Waals surface area contributed by atoms with Crippen molar-refractivity contribution in [2.45, 2.75) is 0 Å². The van der Waals surface area contributed by atoms with E-state index in [1.807, 2.05) is 0 Å². The lowest BCUT2D eigenvalue weighted by Gasteiger charge is -2.03. The topological polar surface area (TPSA) is 43.1 Å². The Bertz CT molecular complexity index is 829. The number of halogens is 2. The first-order valence-corrected chi connectivity index (χ1v) is 5.88. The molecule has 3 rings (SSSR count). The van der Waals surface area contributed by atoms with Crippen molar-refractivity contribution in [1.29, 1.82) is 0 Å². The molecule has 1 heterocycles. The van der Waals surface area contributed by atoms with E-state index in [1.165, 1.54) is 18.2 Å². The molecule has 0 aliphatic rings. The normalized spacial score (nSPS) is 10.8. The van der Waals surface area contributed by atoms with E-state index >= 15 is 0 Å². The smallest absolute Gasteiger partial charge is 0.284 e. The first kappa shape index (κ1) is 11.9. The van der Waals surface area contributed by atoms with Crippen LogP contribution in [0.1, 0.15) is 0 Å². The molecule has 2 aromatic carbocycles. The van der Waals surface area contributed by atoms with E-state index in [9.17, 15) is 9.18 Å². The highest BCUT2D eigenvalue weighted by molar-refractivity contribution is 6.31. The summed E-state index contributed by atoms with van der Waals surface area (Å²) < 4.78 is 19.1. The third-order valence-electron chi connectivity index (χ3n) is 2.69. The maximum absolute atomic E-state index is 13.6. The molecule has 0 aliphatic carbocycles. The van der Waals surface area contributed by atoms with Gasteiger partial charge in [-0.15, -0.1) is 0 Å². The lowest BCUT2D eigenvalue weighted by molar-refractivity contribution is 0.576. The summed E-state index contributed by atoms with van der Waals surface area (Å²) in [5.74, 6) is -0.538. The molecule has 1 aromatic heterocycles. The summed E-state index contributed by atoms with van der Waals surface area (Å²) >= 11 is 5.80. The largest absolute Gasteiger partial charge is 0.437 e. The summed E-state index contributed by atoms with van der Waals surface area (Å²) in [7, 11) is 0. The Kier molecular flexibility index (Phi) is 2.80. The van der Waals surface area contributed by atoms with Gasteiger partial charge in [-0.2, -0.15) is 4.98 Å². The van der Waals surface area contributed by atoms with Crippen LogP contribution in [0.2, 0.25) is 5.02 Å². The second-order valence-electron chi connectivity index (χ2n) is 3.94. The zero-order chi connectivity index (χ0) is 13.4. The molecule has 0 saturated carbocycles. The van der Waals surface area contributed by atoms with Gasteiger partial charge in [-0.25, -0.2) is 4.39 Å². The molecule has 0 spiro atoms. The Morgan fingerprint density at radius 3 is 2.74 bits per heavy atom. The Morgan fingerprint density at radius 1 is 1.16 bits per heavy atom. The highest BCUT2D eigenvalue weighted by Gasteiger charge is 2.12. The van der Waals surface area contributed by atoms with E-state index in [1.54, 1.807) is 24.3 Å². The van der Waals surface area contributed by atoms with Gasteiger partial charge in [-0.1, -0.05) is 23.7 Å². The molecule has 3 nitrogen and oxygen atoms in total. The summed E-state index contributed by atoms with van der Waals surface area (Å²) in [6.07, 6.45) is 0. The number of rotatable bonds is 1. The maximum atomic E-state index is 13.6. The zero-order valence-corrected chi connectivity index (χ0v) is 10.3. The SMILES string of the molecule is O=c1nc(-c2ccccc2F)oc2ccc(Cl)cc12. The second kappa shape index (κ2) is 4.48. The standard InChI is InChI=1S/C14H7ClFNO2/c15-8-5-6-12-10(7-8)13(18)17-14(19-12)9-3-1-2-4-11(9)16/h1-7H. The number of hydrogen-bond donors (Lipinski definition) is 0. The van der Waals surface area contributed by atoms with E-state index in [0.29, 0.717) is 10.6 Å². The first-order chi connectivity index (χ1) is 9.15. The fourth-order valence-corrected chi connectivity index (χ4v) is 1.96. The summed E-state index contributed by atoms with van der Waals surface area (Å²) in [4.78, 5) is 15.6. The van der Waals surface area contributed by atoms with Crippen molar-refractivity contribution in [2.24, 2.45) is 0 Å². The van der Waals surface area contributed by atoms with Crippen LogP contribution in [0.4, 0.5) is 4.39 Å². The molecule has 0 radical (unpaired) electrons. The van der Waals surface area contributed by atoms with Gasteiger partial charge in [0.15, 0.2) is 0 Å². The molecular weight excluding hydrogens is 269 g/mol. The van der Waals surface area contributed by atoms with Gasteiger partial charge in [0.05, 0.1) is 10.9 Å². The van der Waals surface area contributed by atoms with Crippen LogP contribution in [-0.4, -0.2) is 4.98 Å². The van der Waals surface area contributed by atoms with Crippen LogP contribution >= 0.6 is 11.6 Å². The van der Waals surface area contributed by atoms with Gasteiger partial charge in [-0.05, 0) is 30.3 Å². The molecule has 0 saturated heterocycles. The van der Waals surface area contributed by atoms with Gasteiger partial charge in [0, 0.05) is 5.02 Å². The number of aromatic nitrogens is 1. The molecule has 19 heavy (non-hydrogen) atoms. The van der Waals surface area contributed by atoms with Gasteiger partial charge in [0.2, 0.25) is 5.89 Å². The van der Waals surface area contributed by atoms with Crippen LogP contribution in [0.3, 0.4) is 0 Å². The lowest BCUT2D eigenvalue weighted by Crippen LogP contribution is -2.07. The number of fused-ring (bicyclic) bond motifs is 1. The summed E-state index contributed by atoms with van der Waals surface area (Å²) in [6, 6.07) is 10.6. The van der Waals surface area contributed by atoms with E-state index in [0.717, 1.165) is 0 Å². The third-order valence-corrected chi connectivity index (χ3v) is 2.92. The van der Waals surface area contributed by atoms with Crippen LogP contribution in [0.5, 0.6) is 0 Å². The Labute approximate surface area is 112 Å². The number of hydrogen-bond acceptors (Lipinski definition) is 3. The van der Waals surface area contributed by atoms with Crippen molar-refractivity contribution in [3.05, 3.63) is 63.7 Å². The molecule has 0 aliphatic heterocycles. The van der Waals surface area contributed by atoms with E-state index < -0.39 is 11.4 Å². The van der Waals surface area contributed by atoms with Gasteiger partial charge >= 0.3 is 0 Å². The van der Waals surface area contributed by atoms with Crippen LogP contribution in [0.15, 0.2) is 51.7 Å². The molecule has 0 bridgehead atoms. The minimum absolute atomic E-state index is 0.0436. The summed E-state index contributed by atoms with van der Waals surface area (Å²) in [5.41, 5.74) is -0.0268. The number of nitrogens with zero attached hydrogens (tertiary/aromatic N) is 1. The van der Waals surface area contributed by atoms with Gasteiger partial charge in [0.1, 0.15) is 11.4 Å². The highest BCUT2D eigenvalue weighted by atomic mass is 35.5. The molecule has 0 fully saturated rings. The minimum Gasteiger partial charge on any atom is -0.437 e. The molecule has 3 aromatic rings. The van der Waals surface area contributed by atoms with Crippen molar-refractivity contribution >= 4 is 22.6 Å². The molecular formula is C14H7ClFNO2. The van der Waals surface area contributed by atoms with Gasteiger partial charge in [0.25, 0.3) is 5.56 Å². The lowest BCUT2D eigenvalue weighted by atomic mass is 10.2. The van der Waals surface area contributed by atoms with Crippen molar-refractivity contribution in [2.75, 3.05) is 0 Å². The quantitative estimate of drug-likeness (QED) is 0.681. The summed E-state index contributed by atoms with van der Waals surface area (Å²) in [6.45, 7) is 0. The van der Waals surface area contributed by atoms with E-state index in [4.69, 9.17) is 16.0 Å². The predicted octanol–water partition coefficient (Wildman–Crippen LogP) is 3.65. The Balaban J connectivity index is 2.31. The zero-order valence-electron chi connectivity index (χ0n) is 9.56. The van der Waals surface area contributed by atoms with E-state index in [2.05, 4.69) is 4.98 Å². The molecule has 0 amide bonds.